The molecule has 0 spiro atoms. The molecular weight excluding hydrogens is 272 g/mol. The molecule has 7 heteroatoms. The van der Waals surface area contributed by atoms with Crippen LogP contribution in [0.4, 0.5) is 0 Å². The monoisotopic (exact) mass is 290 g/mol. The minimum Gasteiger partial charge on any atom is -0.361 e. The van der Waals surface area contributed by atoms with E-state index in [-0.39, 0.29) is 11.9 Å². The Hall–Kier alpha value is -2.18. The molecule has 3 heterocycles. The Balaban J connectivity index is 1.85. The average Bonchev–Trinajstić information content (AvgIpc) is 3.15. The molecule has 0 aliphatic carbocycles. The van der Waals surface area contributed by atoms with Gasteiger partial charge >= 0.3 is 0 Å². The maximum absolute atomic E-state index is 12.6. The van der Waals surface area contributed by atoms with E-state index in [1.54, 1.807) is 17.9 Å². The summed E-state index contributed by atoms with van der Waals surface area (Å²) in [7, 11) is 0. The SMILES string of the molecule is CCc1noc([C@@H]2CCCCN2C(=O)c2cc(C)on2)n1. The zero-order valence-corrected chi connectivity index (χ0v) is 12.2. The van der Waals surface area contributed by atoms with Crippen molar-refractivity contribution in [2.45, 2.75) is 45.6 Å². The highest BCUT2D eigenvalue weighted by molar-refractivity contribution is 5.92. The fraction of sp³-hybridized carbons (Fsp3) is 0.571. The molecule has 1 aliphatic heterocycles. The summed E-state index contributed by atoms with van der Waals surface area (Å²) < 4.78 is 10.3. The van der Waals surface area contributed by atoms with Crippen molar-refractivity contribution in [3.05, 3.63) is 29.2 Å². The summed E-state index contributed by atoms with van der Waals surface area (Å²) in [6.07, 6.45) is 3.55. The van der Waals surface area contributed by atoms with Gasteiger partial charge in [-0.2, -0.15) is 4.98 Å². The molecule has 2 aromatic rings. The molecule has 0 saturated carbocycles. The molecule has 2 aromatic heterocycles. The fourth-order valence-corrected chi connectivity index (χ4v) is 2.59. The Kier molecular flexibility index (Phi) is 3.72. The lowest BCUT2D eigenvalue weighted by Crippen LogP contribution is -2.38. The first-order valence-electron chi connectivity index (χ1n) is 7.25. The smallest absolute Gasteiger partial charge is 0.276 e. The molecule has 7 nitrogen and oxygen atoms in total. The highest BCUT2D eigenvalue weighted by Crippen LogP contribution is 2.31. The van der Waals surface area contributed by atoms with Crippen LogP contribution in [-0.2, 0) is 6.42 Å². The van der Waals surface area contributed by atoms with Crippen molar-refractivity contribution < 1.29 is 13.8 Å². The summed E-state index contributed by atoms with van der Waals surface area (Å²) in [5.74, 6) is 1.66. The summed E-state index contributed by atoms with van der Waals surface area (Å²) in [5, 5.41) is 7.73. The number of likely N-dealkylation sites (tertiary alicyclic amines) is 1. The second-order valence-electron chi connectivity index (χ2n) is 5.24. The van der Waals surface area contributed by atoms with Crippen LogP contribution < -0.4 is 0 Å². The van der Waals surface area contributed by atoms with Crippen molar-refractivity contribution in [2.75, 3.05) is 6.54 Å². The van der Waals surface area contributed by atoms with Gasteiger partial charge in [0.05, 0.1) is 0 Å². The van der Waals surface area contributed by atoms with Crippen LogP contribution in [0.5, 0.6) is 0 Å². The number of nitrogens with zero attached hydrogens (tertiary/aromatic N) is 4. The normalized spacial score (nSPS) is 19.0. The number of carbonyl (C=O) groups is 1. The van der Waals surface area contributed by atoms with E-state index >= 15 is 0 Å². The van der Waals surface area contributed by atoms with Gasteiger partial charge < -0.3 is 13.9 Å². The van der Waals surface area contributed by atoms with Crippen LogP contribution in [0.1, 0.15) is 60.2 Å². The van der Waals surface area contributed by atoms with E-state index in [1.165, 1.54) is 0 Å². The van der Waals surface area contributed by atoms with Gasteiger partial charge in [-0.3, -0.25) is 4.79 Å². The molecule has 112 valence electrons. The molecule has 0 radical (unpaired) electrons. The van der Waals surface area contributed by atoms with Crippen molar-refractivity contribution in [3.63, 3.8) is 0 Å². The standard InChI is InChI=1S/C14H18N4O3/c1-3-12-15-13(21-17-12)11-6-4-5-7-18(11)14(19)10-8-9(2)20-16-10/h8,11H,3-7H2,1-2H3/t11-/m0/s1. The first-order chi connectivity index (χ1) is 10.2. The van der Waals surface area contributed by atoms with Crippen LogP contribution in [0.25, 0.3) is 0 Å². The number of piperidine rings is 1. The largest absolute Gasteiger partial charge is 0.361 e. The fourth-order valence-electron chi connectivity index (χ4n) is 2.59. The summed E-state index contributed by atoms with van der Waals surface area (Å²) in [6, 6.07) is 1.48. The molecule has 0 aromatic carbocycles. The zero-order valence-electron chi connectivity index (χ0n) is 12.2. The van der Waals surface area contributed by atoms with E-state index < -0.39 is 0 Å². The molecule has 3 rings (SSSR count). The molecule has 1 amide bonds. The van der Waals surface area contributed by atoms with Crippen LogP contribution in [0.15, 0.2) is 15.1 Å². The number of aromatic nitrogens is 3. The Bertz CT molecular complexity index is 634. The van der Waals surface area contributed by atoms with E-state index in [1.807, 2.05) is 6.92 Å². The van der Waals surface area contributed by atoms with Gasteiger partial charge in [-0.1, -0.05) is 17.2 Å². The van der Waals surface area contributed by atoms with Crippen molar-refractivity contribution in [1.82, 2.24) is 20.2 Å². The van der Waals surface area contributed by atoms with Crippen LogP contribution in [0.2, 0.25) is 0 Å². The van der Waals surface area contributed by atoms with E-state index in [0.29, 0.717) is 36.1 Å². The lowest BCUT2D eigenvalue weighted by molar-refractivity contribution is 0.0551. The van der Waals surface area contributed by atoms with Crippen LogP contribution in [-0.4, -0.2) is 32.6 Å². The van der Waals surface area contributed by atoms with Gasteiger partial charge in [-0.25, -0.2) is 0 Å². The van der Waals surface area contributed by atoms with Crippen molar-refractivity contribution in [1.29, 1.82) is 0 Å². The topological polar surface area (TPSA) is 85.3 Å². The van der Waals surface area contributed by atoms with E-state index in [9.17, 15) is 4.79 Å². The van der Waals surface area contributed by atoms with Crippen LogP contribution >= 0.6 is 0 Å². The number of hydrogen-bond acceptors (Lipinski definition) is 6. The first-order valence-corrected chi connectivity index (χ1v) is 7.25. The highest BCUT2D eigenvalue weighted by atomic mass is 16.5. The van der Waals surface area contributed by atoms with Crippen LogP contribution in [0, 0.1) is 6.92 Å². The first kappa shape index (κ1) is 13.8. The molecule has 0 bridgehead atoms. The van der Waals surface area contributed by atoms with E-state index in [4.69, 9.17) is 9.05 Å². The maximum Gasteiger partial charge on any atom is 0.276 e. The third kappa shape index (κ3) is 2.68. The van der Waals surface area contributed by atoms with Gasteiger partial charge in [-0.15, -0.1) is 0 Å². The molecule has 0 N–H and O–H groups in total. The van der Waals surface area contributed by atoms with Crippen molar-refractivity contribution in [3.8, 4) is 0 Å². The Morgan fingerprint density at radius 3 is 2.90 bits per heavy atom. The zero-order chi connectivity index (χ0) is 14.8. The third-order valence-electron chi connectivity index (χ3n) is 3.70. The number of aryl methyl sites for hydroxylation is 2. The van der Waals surface area contributed by atoms with Gasteiger partial charge in [0.2, 0.25) is 5.89 Å². The quantitative estimate of drug-likeness (QED) is 0.862. The van der Waals surface area contributed by atoms with E-state index in [0.717, 1.165) is 19.3 Å². The predicted octanol–water partition coefficient (Wildman–Crippen LogP) is 2.30. The van der Waals surface area contributed by atoms with Gasteiger partial charge in [0, 0.05) is 19.0 Å². The molecule has 1 fully saturated rings. The van der Waals surface area contributed by atoms with Gasteiger partial charge in [-0.05, 0) is 26.2 Å². The number of amides is 1. The summed E-state index contributed by atoms with van der Waals surface area (Å²) in [4.78, 5) is 18.7. The number of carbonyl (C=O) groups excluding carboxylic acids is 1. The molecule has 1 atom stereocenters. The van der Waals surface area contributed by atoms with Crippen molar-refractivity contribution >= 4 is 5.91 Å². The van der Waals surface area contributed by atoms with Gasteiger partial charge in [0.1, 0.15) is 11.8 Å². The molecule has 1 saturated heterocycles. The maximum atomic E-state index is 12.6. The van der Waals surface area contributed by atoms with Gasteiger partial charge in [0.25, 0.3) is 5.91 Å². The number of rotatable bonds is 3. The summed E-state index contributed by atoms with van der Waals surface area (Å²) in [6.45, 7) is 4.40. The second kappa shape index (κ2) is 5.67. The second-order valence-corrected chi connectivity index (χ2v) is 5.24. The molecule has 0 unspecified atom stereocenters. The van der Waals surface area contributed by atoms with Crippen LogP contribution in [0.3, 0.4) is 0 Å². The lowest BCUT2D eigenvalue weighted by Gasteiger charge is -2.32. The van der Waals surface area contributed by atoms with E-state index in [2.05, 4.69) is 15.3 Å². The lowest BCUT2D eigenvalue weighted by atomic mass is 10.0. The summed E-state index contributed by atoms with van der Waals surface area (Å²) >= 11 is 0. The minimum atomic E-state index is -0.170. The molecular formula is C14H18N4O3. The predicted molar refractivity (Wildman–Crippen MR) is 72.5 cm³/mol. The number of hydrogen-bond donors (Lipinski definition) is 0. The molecule has 21 heavy (non-hydrogen) atoms. The minimum absolute atomic E-state index is 0.146. The van der Waals surface area contributed by atoms with Crippen molar-refractivity contribution in [2.24, 2.45) is 0 Å². The third-order valence-corrected chi connectivity index (χ3v) is 3.70. The Labute approximate surface area is 122 Å². The van der Waals surface area contributed by atoms with Gasteiger partial charge in [0.15, 0.2) is 11.5 Å². The average molecular weight is 290 g/mol. The Morgan fingerprint density at radius 1 is 1.38 bits per heavy atom. The Morgan fingerprint density at radius 2 is 2.24 bits per heavy atom. The highest BCUT2D eigenvalue weighted by Gasteiger charge is 2.33. The summed E-state index contributed by atoms with van der Waals surface area (Å²) in [5.41, 5.74) is 0.328. The molecule has 1 aliphatic rings.